The fourth-order valence-electron chi connectivity index (χ4n) is 2.09. The molecule has 1 aromatic rings. The van der Waals surface area contributed by atoms with Crippen molar-refractivity contribution in [3.63, 3.8) is 0 Å². The lowest BCUT2D eigenvalue weighted by molar-refractivity contribution is 0.232. The average Bonchev–Trinajstić information content (AvgIpc) is 3.11. The maximum Gasteiger partial charge on any atom is 0.0285 e. The maximum atomic E-state index is 6.20. The summed E-state index contributed by atoms with van der Waals surface area (Å²) in [5, 5.41) is 4.42. The van der Waals surface area contributed by atoms with Crippen LogP contribution in [0.4, 0.5) is 0 Å². The first kappa shape index (κ1) is 9.82. The molecule has 15 heavy (non-hydrogen) atoms. The average molecular weight is 222 g/mol. The highest BCUT2D eigenvalue weighted by molar-refractivity contribution is 7.07. The van der Waals surface area contributed by atoms with Crippen molar-refractivity contribution in [3.8, 4) is 0 Å². The predicted octanol–water partition coefficient (Wildman–Crippen LogP) is 2.20. The summed E-state index contributed by atoms with van der Waals surface area (Å²) in [6.45, 7) is 2.21. The molecule has 2 saturated carbocycles. The summed E-state index contributed by atoms with van der Waals surface area (Å²) >= 11 is 1.79. The van der Waals surface area contributed by atoms with Gasteiger partial charge in [0.2, 0.25) is 0 Å². The molecular formula is C12H18N2S. The first-order chi connectivity index (χ1) is 7.25. The quantitative estimate of drug-likeness (QED) is 0.827. The van der Waals surface area contributed by atoms with Crippen LogP contribution >= 0.6 is 11.3 Å². The summed E-state index contributed by atoms with van der Waals surface area (Å²) in [6, 6.07) is 3.06. The topological polar surface area (TPSA) is 29.3 Å². The van der Waals surface area contributed by atoms with Crippen molar-refractivity contribution in [3.05, 3.63) is 22.4 Å². The molecule has 1 heterocycles. The van der Waals surface area contributed by atoms with Gasteiger partial charge in [-0.05, 0) is 48.1 Å². The van der Waals surface area contributed by atoms with E-state index in [0.29, 0.717) is 0 Å². The predicted molar refractivity (Wildman–Crippen MR) is 63.9 cm³/mol. The summed E-state index contributed by atoms with van der Waals surface area (Å²) < 4.78 is 0. The third kappa shape index (κ3) is 2.41. The SMILES string of the molecule is NC1(CN(Cc2ccsc2)C2CC2)CC1. The van der Waals surface area contributed by atoms with E-state index in [1.54, 1.807) is 11.3 Å². The van der Waals surface area contributed by atoms with E-state index in [0.717, 1.165) is 19.1 Å². The van der Waals surface area contributed by atoms with E-state index in [9.17, 15) is 0 Å². The van der Waals surface area contributed by atoms with Crippen molar-refractivity contribution in [1.82, 2.24) is 4.90 Å². The van der Waals surface area contributed by atoms with Crippen LogP contribution in [0.25, 0.3) is 0 Å². The summed E-state index contributed by atoms with van der Waals surface area (Å²) in [6.07, 6.45) is 5.19. The smallest absolute Gasteiger partial charge is 0.0285 e. The molecule has 0 saturated heterocycles. The number of nitrogens with two attached hydrogens (primary N) is 1. The van der Waals surface area contributed by atoms with Crippen LogP contribution in [0.15, 0.2) is 16.8 Å². The Labute approximate surface area is 95.1 Å². The van der Waals surface area contributed by atoms with Crippen molar-refractivity contribution in [2.24, 2.45) is 5.73 Å². The van der Waals surface area contributed by atoms with Gasteiger partial charge in [0, 0.05) is 24.7 Å². The lowest BCUT2D eigenvalue weighted by atomic mass is 10.2. The third-order valence-electron chi connectivity index (χ3n) is 3.44. The van der Waals surface area contributed by atoms with Gasteiger partial charge in [0.25, 0.3) is 0 Å². The minimum absolute atomic E-state index is 0.165. The van der Waals surface area contributed by atoms with Gasteiger partial charge in [0.15, 0.2) is 0 Å². The van der Waals surface area contributed by atoms with Gasteiger partial charge in [-0.25, -0.2) is 0 Å². The van der Waals surface area contributed by atoms with E-state index in [2.05, 4.69) is 21.7 Å². The molecular weight excluding hydrogens is 204 g/mol. The molecule has 2 N–H and O–H groups in total. The molecule has 2 aliphatic carbocycles. The number of hydrogen-bond donors (Lipinski definition) is 1. The van der Waals surface area contributed by atoms with Crippen molar-refractivity contribution in [2.75, 3.05) is 6.54 Å². The molecule has 3 heteroatoms. The Hall–Kier alpha value is -0.380. The van der Waals surface area contributed by atoms with Crippen LogP contribution in [0.5, 0.6) is 0 Å². The van der Waals surface area contributed by atoms with E-state index >= 15 is 0 Å². The van der Waals surface area contributed by atoms with Crippen LogP contribution < -0.4 is 5.73 Å². The van der Waals surface area contributed by atoms with Gasteiger partial charge in [-0.2, -0.15) is 11.3 Å². The van der Waals surface area contributed by atoms with Gasteiger partial charge in [0.05, 0.1) is 0 Å². The highest BCUT2D eigenvalue weighted by Gasteiger charge is 2.42. The first-order valence-corrected chi connectivity index (χ1v) is 6.73. The zero-order valence-corrected chi connectivity index (χ0v) is 9.80. The van der Waals surface area contributed by atoms with E-state index < -0.39 is 0 Å². The van der Waals surface area contributed by atoms with E-state index in [-0.39, 0.29) is 5.54 Å². The zero-order chi connectivity index (χ0) is 10.3. The molecule has 3 rings (SSSR count). The van der Waals surface area contributed by atoms with Crippen LogP contribution in [-0.4, -0.2) is 23.0 Å². The molecule has 0 aromatic carbocycles. The molecule has 1 aromatic heterocycles. The fourth-order valence-corrected chi connectivity index (χ4v) is 2.75. The van der Waals surface area contributed by atoms with Gasteiger partial charge >= 0.3 is 0 Å². The second-order valence-electron chi connectivity index (χ2n) is 5.13. The van der Waals surface area contributed by atoms with Crippen molar-refractivity contribution >= 4 is 11.3 Å². The molecule has 82 valence electrons. The first-order valence-electron chi connectivity index (χ1n) is 5.79. The van der Waals surface area contributed by atoms with Crippen molar-refractivity contribution in [1.29, 1.82) is 0 Å². The van der Waals surface area contributed by atoms with Gasteiger partial charge in [-0.3, -0.25) is 4.90 Å². The number of rotatable bonds is 5. The highest BCUT2D eigenvalue weighted by Crippen LogP contribution is 2.37. The van der Waals surface area contributed by atoms with Gasteiger partial charge in [-0.1, -0.05) is 0 Å². The van der Waals surface area contributed by atoms with E-state index in [4.69, 9.17) is 5.73 Å². The van der Waals surface area contributed by atoms with Gasteiger partial charge in [-0.15, -0.1) is 0 Å². The zero-order valence-electron chi connectivity index (χ0n) is 8.98. The van der Waals surface area contributed by atoms with E-state index in [1.165, 1.54) is 31.2 Å². The maximum absolute atomic E-state index is 6.20. The summed E-state index contributed by atoms with van der Waals surface area (Å²) in [5.74, 6) is 0. The molecule has 0 radical (unpaired) electrons. The normalized spacial score (nSPS) is 23.3. The Bertz CT molecular complexity index is 325. The monoisotopic (exact) mass is 222 g/mol. The van der Waals surface area contributed by atoms with Crippen LogP contribution in [0, 0.1) is 0 Å². The summed E-state index contributed by atoms with van der Waals surface area (Å²) in [7, 11) is 0. The van der Waals surface area contributed by atoms with Gasteiger partial charge in [0.1, 0.15) is 0 Å². The lowest BCUT2D eigenvalue weighted by Gasteiger charge is -2.24. The second kappa shape index (κ2) is 3.58. The Morgan fingerprint density at radius 3 is 2.80 bits per heavy atom. The highest BCUT2D eigenvalue weighted by atomic mass is 32.1. The number of nitrogens with zero attached hydrogens (tertiary/aromatic N) is 1. The molecule has 0 atom stereocenters. The molecule has 0 aliphatic heterocycles. The van der Waals surface area contributed by atoms with Crippen LogP contribution in [0.1, 0.15) is 31.2 Å². The number of hydrogen-bond acceptors (Lipinski definition) is 3. The molecule has 2 aliphatic rings. The molecule has 0 spiro atoms. The largest absolute Gasteiger partial charge is 0.324 e. The molecule has 2 fully saturated rings. The van der Waals surface area contributed by atoms with E-state index in [1.807, 2.05) is 0 Å². The standard InChI is InChI=1S/C12H18N2S/c13-12(4-5-12)9-14(11-1-2-11)7-10-3-6-15-8-10/h3,6,8,11H,1-2,4-5,7,9,13H2. The van der Waals surface area contributed by atoms with Crippen LogP contribution in [0.3, 0.4) is 0 Å². The van der Waals surface area contributed by atoms with Crippen LogP contribution in [0.2, 0.25) is 0 Å². The Morgan fingerprint density at radius 1 is 1.47 bits per heavy atom. The summed E-state index contributed by atoms with van der Waals surface area (Å²) in [5.41, 5.74) is 7.82. The summed E-state index contributed by atoms with van der Waals surface area (Å²) in [4.78, 5) is 2.59. The van der Waals surface area contributed by atoms with Gasteiger partial charge < -0.3 is 5.73 Å². The Kier molecular flexibility index (Phi) is 2.34. The van der Waals surface area contributed by atoms with Crippen LogP contribution in [-0.2, 0) is 6.54 Å². The molecule has 0 amide bonds. The molecule has 2 nitrogen and oxygen atoms in total. The van der Waals surface area contributed by atoms with Crippen molar-refractivity contribution < 1.29 is 0 Å². The minimum atomic E-state index is 0.165. The Morgan fingerprint density at radius 2 is 2.27 bits per heavy atom. The molecule has 0 bridgehead atoms. The third-order valence-corrected chi connectivity index (χ3v) is 4.17. The minimum Gasteiger partial charge on any atom is -0.324 e. The Balaban J connectivity index is 1.63. The second-order valence-corrected chi connectivity index (χ2v) is 5.91. The lowest BCUT2D eigenvalue weighted by Crippen LogP contribution is -2.40. The molecule has 0 unspecified atom stereocenters. The number of thiophene rings is 1. The fraction of sp³-hybridized carbons (Fsp3) is 0.667. The van der Waals surface area contributed by atoms with Crippen molar-refractivity contribution in [2.45, 2.75) is 43.8 Å².